The van der Waals surface area contributed by atoms with Gasteiger partial charge in [-0.1, -0.05) is 18.2 Å². The maximum absolute atomic E-state index is 11.1. The normalized spacial score (nSPS) is 17.9. The van der Waals surface area contributed by atoms with Gasteiger partial charge < -0.3 is 14.6 Å². The third-order valence-electron chi connectivity index (χ3n) is 4.54. The molecule has 0 spiro atoms. The standard InChI is InChI=1S/C20H19N3O4/c24-20(25)19-9-7-15-13(3-1-5-18(15)27-19)12-26-14-6-8-16(21-11-14)17-4-2-10-22-23-17/h1,3-6,8,10-11,19,23H,2,7,9,12H2,(H,24,25). The first-order valence-corrected chi connectivity index (χ1v) is 8.78. The lowest BCUT2D eigenvalue weighted by atomic mass is 9.97. The summed E-state index contributed by atoms with van der Waals surface area (Å²) in [5, 5.41) is 13.2. The molecule has 2 aliphatic rings. The van der Waals surface area contributed by atoms with Crippen molar-refractivity contribution < 1.29 is 19.4 Å². The summed E-state index contributed by atoms with van der Waals surface area (Å²) in [6.45, 7) is 0.372. The van der Waals surface area contributed by atoms with E-state index in [-0.39, 0.29) is 0 Å². The van der Waals surface area contributed by atoms with Crippen LogP contribution in [0.4, 0.5) is 0 Å². The molecular formula is C20H19N3O4. The molecule has 1 atom stereocenters. The summed E-state index contributed by atoms with van der Waals surface area (Å²) in [6, 6.07) is 9.38. The molecule has 2 aromatic rings. The van der Waals surface area contributed by atoms with E-state index in [0.29, 0.717) is 30.9 Å². The molecular weight excluding hydrogens is 346 g/mol. The molecule has 4 rings (SSSR count). The van der Waals surface area contributed by atoms with E-state index in [1.165, 1.54) is 0 Å². The van der Waals surface area contributed by atoms with Crippen LogP contribution < -0.4 is 14.9 Å². The summed E-state index contributed by atoms with van der Waals surface area (Å²) in [4.78, 5) is 15.5. The van der Waals surface area contributed by atoms with Crippen molar-refractivity contribution >= 4 is 17.9 Å². The Morgan fingerprint density at radius 3 is 3.00 bits per heavy atom. The lowest BCUT2D eigenvalue weighted by Crippen LogP contribution is -2.31. The number of allylic oxidation sites excluding steroid dienone is 1. The van der Waals surface area contributed by atoms with Crippen LogP contribution in [0.3, 0.4) is 0 Å². The molecule has 0 saturated heterocycles. The monoisotopic (exact) mass is 365 g/mol. The molecule has 0 saturated carbocycles. The number of nitrogens with zero attached hydrogens (tertiary/aromatic N) is 2. The number of carbonyl (C=O) groups is 1. The predicted molar refractivity (Wildman–Crippen MR) is 99.6 cm³/mol. The number of fused-ring (bicyclic) bond motifs is 1. The largest absolute Gasteiger partial charge is 0.487 e. The number of hydrogen-bond donors (Lipinski definition) is 2. The van der Waals surface area contributed by atoms with Crippen LogP contribution in [-0.4, -0.2) is 28.4 Å². The average Bonchev–Trinajstić information content (AvgIpc) is 2.72. The molecule has 2 aliphatic heterocycles. The number of carboxylic acid groups (broad SMARTS) is 1. The van der Waals surface area contributed by atoms with Crippen molar-refractivity contribution in [1.82, 2.24) is 10.4 Å². The Hall–Kier alpha value is -3.35. The summed E-state index contributed by atoms with van der Waals surface area (Å²) >= 11 is 0. The van der Waals surface area contributed by atoms with Crippen molar-refractivity contribution in [2.45, 2.75) is 32.0 Å². The molecule has 138 valence electrons. The number of rotatable bonds is 5. The molecule has 0 bridgehead atoms. The fraction of sp³-hybridized carbons (Fsp3) is 0.250. The number of aliphatic carboxylic acids is 1. The summed E-state index contributed by atoms with van der Waals surface area (Å²) in [5.74, 6) is 0.359. The van der Waals surface area contributed by atoms with Crippen LogP contribution in [0.1, 0.15) is 29.7 Å². The minimum absolute atomic E-state index is 0.372. The number of hydrazone groups is 1. The summed E-state index contributed by atoms with van der Waals surface area (Å²) in [5.41, 5.74) is 6.62. The fourth-order valence-corrected chi connectivity index (χ4v) is 3.13. The molecule has 1 unspecified atom stereocenters. The summed E-state index contributed by atoms with van der Waals surface area (Å²) in [7, 11) is 0. The van der Waals surface area contributed by atoms with Gasteiger partial charge >= 0.3 is 5.97 Å². The van der Waals surface area contributed by atoms with Gasteiger partial charge in [-0.15, -0.1) is 0 Å². The van der Waals surface area contributed by atoms with E-state index in [1.54, 1.807) is 18.5 Å². The van der Waals surface area contributed by atoms with Crippen LogP contribution in [-0.2, 0) is 17.8 Å². The number of ether oxygens (including phenoxy) is 2. The molecule has 0 fully saturated rings. The number of hydrogen-bond acceptors (Lipinski definition) is 6. The van der Waals surface area contributed by atoms with Gasteiger partial charge in [0.25, 0.3) is 0 Å². The topological polar surface area (TPSA) is 93.0 Å². The quantitative estimate of drug-likeness (QED) is 0.846. The maximum Gasteiger partial charge on any atom is 0.344 e. The maximum atomic E-state index is 11.1. The summed E-state index contributed by atoms with van der Waals surface area (Å²) < 4.78 is 11.4. The molecule has 0 radical (unpaired) electrons. The van der Waals surface area contributed by atoms with Gasteiger partial charge in [0.15, 0.2) is 6.10 Å². The molecule has 0 amide bonds. The van der Waals surface area contributed by atoms with E-state index in [9.17, 15) is 4.79 Å². The molecule has 2 N–H and O–H groups in total. The molecule has 1 aromatic heterocycles. The SMILES string of the molecule is O=C(O)C1CCc2c(COc3ccc(C4=CCC=NN4)nc3)cccc2O1. The zero-order chi connectivity index (χ0) is 18.6. The van der Waals surface area contributed by atoms with Gasteiger partial charge in [-0.25, -0.2) is 4.79 Å². The number of carboxylic acids is 1. The number of nitrogens with one attached hydrogen (secondary N) is 1. The van der Waals surface area contributed by atoms with Gasteiger partial charge in [0, 0.05) is 18.2 Å². The molecule has 1 aromatic carbocycles. The fourth-order valence-electron chi connectivity index (χ4n) is 3.13. The van der Waals surface area contributed by atoms with Crippen molar-refractivity contribution in [3.8, 4) is 11.5 Å². The van der Waals surface area contributed by atoms with Crippen LogP contribution in [0.5, 0.6) is 11.5 Å². The first-order chi connectivity index (χ1) is 13.2. The van der Waals surface area contributed by atoms with Gasteiger partial charge in [0.05, 0.1) is 17.6 Å². The molecule has 0 aliphatic carbocycles. The Morgan fingerprint density at radius 2 is 2.26 bits per heavy atom. The van der Waals surface area contributed by atoms with Crippen molar-refractivity contribution in [3.63, 3.8) is 0 Å². The van der Waals surface area contributed by atoms with Gasteiger partial charge in [-0.2, -0.15) is 5.10 Å². The van der Waals surface area contributed by atoms with E-state index >= 15 is 0 Å². The second kappa shape index (κ2) is 7.49. The van der Waals surface area contributed by atoms with Gasteiger partial charge in [0.2, 0.25) is 0 Å². The third-order valence-corrected chi connectivity index (χ3v) is 4.54. The first-order valence-electron chi connectivity index (χ1n) is 8.78. The van der Waals surface area contributed by atoms with Crippen molar-refractivity contribution in [2.75, 3.05) is 0 Å². The van der Waals surface area contributed by atoms with Gasteiger partial charge in [0.1, 0.15) is 18.1 Å². The Labute approximate surface area is 156 Å². The second-order valence-corrected chi connectivity index (χ2v) is 6.32. The first kappa shape index (κ1) is 17.1. The molecule has 3 heterocycles. The van der Waals surface area contributed by atoms with Crippen molar-refractivity contribution in [1.29, 1.82) is 0 Å². The van der Waals surface area contributed by atoms with E-state index in [0.717, 1.165) is 28.9 Å². The highest BCUT2D eigenvalue weighted by atomic mass is 16.5. The number of benzene rings is 1. The van der Waals surface area contributed by atoms with E-state index in [1.807, 2.05) is 30.3 Å². The lowest BCUT2D eigenvalue weighted by molar-refractivity contribution is -0.145. The van der Waals surface area contributed by atoms with Crippen LogP contribution in [0, 0.1) is 0 Å². The van der Waals surface area contributed by atoms with E-state index in [2.05, 4.69) is 15.5 Å². The highest BCUT2D eigenvalue weighted by molar-refractivity contribution is 5.73. The zero-order valence-corrected chi connectivity index (χ0v) is 14.6. The number of aromatic nitrogens is 1. The van der Waals surface area contributed by atoms with Crippen molar-refractivity contribution in [2.24, 2.45) is 5.10 Å². The smallest absolute Gasteiger partial charge is 0.344 e. The molecule has 27 heavy (non-hydrogen) atoms. The highest BCUT2D eigenvalue weighted by Crippen LogP contribution is 2.31. The second-order valence-electron chi connectivity index (χ2n) is 6.32. The highest BCUT2D eigenvalue weighted by Gasteiger charge is 2.26. The van der Waals surface area contributed by atoms with Gasteiger partial charge in [-0.3, -0.25) is 10.4 Å². The van der Waals surface area contributed by atoms with Crippen LogP contribution in [0.15, 0.2) is 47.7 Å². The number of pyridine rings is 1. The Bertz CT molecular complexity index is 906. The Balaban J connectivity index is 1.43. The Kier molecular flexibility index (Phi) is 4.74. The Morgan fingerprint density at radius 1 is 1.33 bits per heavy atom. The third kappa shape index (κ3) is 3.76. The molecule has 7 heteroatoms. The van der Waals surface area contributed by atoms with Crippen LogP contribution >= 0.6 is 0 Å². The van der Waals surface area contributed by atoms with Crippen LogP contribution in [0.25, 0.3) is 5.70 Å². The zero-order valence-electron chi connectivity index (χ0n) is 14.6. The minimum atomic E-state index is -0.929. The predicted octanol–water partition coefficient (Wildman–Crippen LogP) is 2.76. The van der Waals surface area contributed by atoms with Crippen molar-refractivity contribution in [3.05, 3.63) is 59.4 Å². The van der Waals surface area contributed by atoms with E-state index in [4.69, 9.17) is 14.6 Å². The van der Waals surface area contributed by atoms with E-state index < -0.39 is 12.1 Å². The van der Waals surface area contributed by atoms with Crippen LogP contribution in [0.2, 0.25) is 0 Å². The summed E-state index contributed by atoms with van der Waals surface area (Å²) in [6.07, 6.45) is 6.62. The lowest BCUT2D eigenvalue weighted by Gasteiger charge is -2.25. The molecule has 7 nitrogen and oxygen atoms in total. The average molecular weight is 365 g/mol. The van der Waals surface area contributed by atoms with Gasteiger partial charge in [-0.05, 0) is 36.6 Å². The minimum Gasteiger partial charge on any atom is -0.487 e.